The zero-order valence-corrected chi connectivity index (χ0v) is 21.1. The van der Waals surface area contributed by atoms with Gasteiger partial charge in [-0.15, -0.1) is 6.58 Å². The highest BCUT2D eigenvalue weighted by atomic mass is 79.9. The van der Waals surface area contributed by atoms with Crippen LogP contribution in [0.2, 0.25) is 5.02 Å². The summed E-state index contributed by atoms with van der Waals surface area (Å²) in [6.45, 7) is 3.99. The number of barbiturate groups is 1. The molecule has 3 aromatic carbocycles. The highest BCUT2D eigenvalue weighted by molar-refractivity contribution is 9.10. The van der Waals surface area contributed by atoms with Gasteiger partial charge in [-0.2, -0.15) is 0 Å². The van der Waals surface area contributed by atoms with E-state index in [1.165, 1.54) is 30.3 Å². The molecule has 4 rings (SSSR count). The first-order valence-corrected chi connectivity index (χ1v) is 11.9. The molecule has 0 unspecified atom stereocenters. The molecule has 0 aromatic heterocycles. The van der Waals surface area contributed by atoms with Gasteiger partial charge in [0, 0.05) is 5.02 Å². The summed E-state index contributed by atoms with van der Waals surface area (Å²) < 4.78 is 19.8. The number of amides is 4. The van der Waals surface area contributed by atoms with Crippen molar-refractivity contribution >= 4 is 57.1 Å². The van der Waals surface area contributed by atoms with Crippen LogP contribution >= 0.6 is 27.5 Å². The first-order valence-electron chi connectivity index (χ1n) is 10.7. The fourth-order valence-electron chi connectivity index (χ4n) is 3.61. The predicted molar refractivity (Wildman–Crippen MR) is 139 cm³/mol. The third-order valence-corrected chi connectivity index (χ3v) is 6.14. The van der Waals surface area contributed by atoms with Gasteiger partial charge in [0.1, 0.15) is 23.7 Å². The molecule has 1 N–H and O–H groups in total. The Labute approximate surface area is 220 Å². The standard InChI is InChI=1S/C27H19BrClFN2O4/c1-2-3-18-12-17(14-23(28)24(18)36-15-16-4-8-20(30)9-5-16)13-22-25(33)31-27(35)32(26(22)34)21-10-6-19(29)7-11-21/h2,4-14H,1,3,15H2,(H,31,33,35)/b22-13+. The quantitative estimate of drug-likeness (QED) is 0.208. The van der Waals surface area contributed by atoms with E-state index < -0.39 is 17.8 Å². The molecule has 0 saturated carbocycles. The maximum atomic E-state index is 13.2. The van der Waals surface area contributed by atoms with Crippen molar-refractivity contribution in [3.8, 4) is 5.75 Å². The summed E-state index contributed by atoms with van der Waals surface area (Å²) in [5.41, 5.74) is 2.15. The van der Waals surface area contributed by atoms with Gasteiger partial charge < -0.3 is 4.74 Å². The third kappa shape index (κ3) is 5.56. The van der Waals surface area contributed by atoms with E-state index in [1.807, 2.05) is 0 Å². The summed E-state index contributed by atoms with van der Waals surface area (Å²) in [5.74, 6) is -1.33. The van der Waals surface area contributed by atoms with Crippen LogP contribution in [-0.4, -0.2) is 17.8 Å². The molecular weight excluding hydrogens is 551 g/mol. The lowest BCUT2D eigenvalue weighted by Crippen LogP contribution is -2.54. The zero-order chi connectivity index (χ0) is 25.8. The van der Waals surface area contributed by atoms with Gasteiger partial charge in [-0.05, 0) is 93.6 Å². The number of benzene rings is 3. The monoisotopic (exact) mass is 568 g/mol. The SMILES string of the molecule is C=CCc1cc(/C=C2\C(=O)NC(=O)N(c3ccc(Cl)cc3)C2=O)cc(Br)c1OCc1ccc(F)cc1. The number of anilines is 1. The maximum absolute atomic E-state index is 13.2. The second kappa shape index (κ2) is 10.9. The second-order valence-corrected chi connectivity index (χ2v) is 9.12. The van der Waals surface area contributed by atoms with Gasteiger partial charge in [0.2, 0.25) is 0 Å². The van der Waals surface area contributed by atoms with E-state index in [9.17, 15) is 18.8 Å². The average Bonchev–Trinajstić information content (AvgIpc) is 2.83. The number of rotatable bonds is 7. The number of allylic oxidation sites excluding steroid dienone is 1. The second-order valence-electron chi connectivity index (χ2n) is 7.83. The Balaban J connectivity index is 1.65. The van der Waals surface area contributed by atoms with E-state index in [0.29, 0.717) is 27.2 Å². The van der Waals surface area contributed by atoms with Crippen LogP contribution in [0.3, 0.4) is 0 Å². The Kier molecular flexibility index (Phi) is 7.67. The van der Waals surface area contributed by atoms with Gasteiger partial charge in [-0.25, -0.2) is 14.1 Å². The molecule has 1 fully saturated rings. The molecule has 1 heterocycles. The van der Waals surface area contributed by atoms with E-state index in [2.05, 4.69) is 27.8 Å². The Morgan fingerprint density at radius 3 is 2.42 bits per heavy atom. The number of nitrogens with one attached hydrogen (secondary N) is 1. The summed E-state index contributed by atoms with van der Waals surface area (Å²) in [5, 5.41) is 2.64. The van der Waals surface area contributed by atoms with Crippen molar-refractivity contribution in [1.82, 2.24) is 5.32 Å². The van der Waals surface area contributed by atoms with E-state index in [4.69, 9.17) is 16.3 Å². The first-order chi connectivity index (χ1) is 17.3. The van der Waals surface area contributed by atoms with Crippen LogP contribution in [0.1, 0.15) is 16.7 Å². The van der Waals surface area contributed by atoms with Crippen LogP contribution in [0.5, 0.6) is 5.75 Å². The largest absolute Gasteiger partial charge is 0.487 e. The molecule has 1 aliphatic rings. The number of nitrogens with zero attached hydrogens (tertiary/aromatic N) is 1. The highest BCUT2D eigenvalue weighted by Crippen LogP contribution is 2.33. The van der Waals surface area contributed by atoms with Crippen LogP contribution in [0.4, 0.5) is 14.9 Å². The lowest BCUT2D eigenvalue weighted by molar-refractivity contribution is -0.122. The topological polar surface area (TPSA) is 75.7 Å². The number of urea groups is 1. The molecule has 182 valence electrons. The minimum atomic E-state index is -0.845. The van der Waals surface area contributed by atoms with E-state index in [0.717, 1.165) is 16.0 Å². The summed E-state index contributed by atoms with van der Waals surface area (Å²) in [6.07, 6.45) is 3.56. The predicted octanol–water partition coefficient (Wildman–Crippen LogP) is 6.22. The van der Waals surface area contributed by atoms with E-state index in [-0.39, 0.29) is 23.7 Å². The Morgan fingerprint density at radius 2 is 1.75 bits per heavy atom. The van der Waals surface area contributed by atoms with Crippen LogP contribution in [0.15, 0.2) is 83.4 Å². The lowest BCUT2D eigenvalue weighted by atomic mass is 10.0. The molecule has 0 atom stereocenters. The maximum Gasteiger partial charge on any atom is 0.335 e. The molecule has 0 radical (unpaired) electrons. The normalized spacial score (nSPS) is 14.7. The van der Waals surface area contributed by atoms with Crippen molar-refractivity contribution in [3.63, 3.8) is 0 Å². The van der Waals surface area contributed by atoms with Gasteiger partial charge in [0.05, 0.1) is 10.2 Å². The van der Waals surface area contributed by atoms with Gasteiger partial charge >= 0.3 is 6.03 Å². The van der Waals surface area contributed by atoms with Crippen LogP contribution < -0.4 is 15.0 Å². The lowest BCUT2D eigenvalue weighted by Gasteiger charge is -2.26. The Bertz CT molecular complexity index is 1390. The molecule has 0 aliphatic carbocycles. The average molecular weight is 570 g/mol. The number of carbonyl (C=O) groups is 3. The minimum absolute atomic E-state index is 0.207. The molecule has 4 amide bonds. The van der Waals surface area contributed by atoms with Crippen LogP contribution in [0.25, 0.3) is 6.08 Å². The molecule has 36 heavy (non-hydrogen) atoms. The number of imide groups is 2. The molecule has 3 aromatic rings. The fourth-order valence-corrected chi connectivity index (χ4v) is 4.37. The highest BCUT2D eigenvalue weighted by Gasteiger charge is 2.36. The number of hydrogen-bond donors (Lipinski definition) is 1. The minimum Gasteiger partial charge on any atom is -0.487 e. The van der Waals surface area contributed by atoms with Crippen molar-refractivity contribution in [1.29, 1.82) is 0 Å². The van der Waals surface area contributed by atoms with E-state index in [1.54, 1.807) is 42.5 Å². The van der Waals surface area contributed by atoms with Gasteiger partial charge in [0.15, 0.2) is 0 Å². The van der Waals surface area contributed by atoms with Gasteiger partial charge in [-0.1, -0.05) is 29.8 Å². The third-order valence-electron chi connectivity index (χ3n) is 5.30. The summed E-state index contributed by atoms with van der Waals surface area (Å²) in [6, 6.07) is 14.7. The summed E-state index contributed by atoms with van der Waals surface area (Å²) in [4.78, 5) is 39.0. The molecular formula is C27H19BrClFN2O4. The van der Waals surface area contributed by atoms with Crippen molar-refractivity contribution in [2.24, 2.45) is 0 Å². The van der Waals surface area contributed by atoms with Crippen LogP contribution in [-0.2, 0) is 22.6 Å². The number of ether oxygens (including phenoxy) is 1. The number of halogens is 3. The van der Waals surface area contributed by atoms with Crippen molar-refractivity contribution < 1.29 is 23.5 Å². The van der Waals surface area contributed by atoms with Crippen molar-refractivity contribution in [2.75, 3.05) is 4.90 Å². The Morgan fingerprint density at radius 1 is 1.06 bits per heavy atom. The molecule has 1 aliphatic heterocycles. The van der Waals surface area contributed by atoms with Crippen LogP contribution in [0, 0.1) is 5.82 Å². The smallest absolute Gasteiger partial charge is 0.335 e. The van der Waals surface area contributed by atoms with Crippen molar-refractivity contribution in [3.05, 3.63) is 111 Å². The number of carbonyl (C=O) groups excluding carboxylic acids is 3. The van der Waals surface area contributed by atoms with Gasteiger partial charge in [-0.3, -0.25) is 14.9 Å². The molecule has 1 saturated heterocycles. The fraction of sp³-hybridized carbons (Fsp3) is 0.0741. The molecule has 9 heteroatoms. The Hall–Kier alpha value is -3.75. The van der Waals surface area contributed by atoms with E-state index >= 15 is 0 Å². The molecule has 0 spiro atoms. The summed E-state index contributed by atoms with van der Waals surface area (Å²) >= 11 is 9.41. The first kappa shape index (κ1) is 25.3. The zero-order valence-electron chi connectivity index (χ0n) is 18.8. The number of hydrogen-bond acceptors (Lipinski definition) is 4. The summed E-state index contributed by atoms with van der Waals surface area (Å²) in [7, 11) is 0. The molecule has 0 bridgehead atoms. The van der Waals surface area contributed by atoms with Crippen molar-refractivity contribution in [2.45, 2.75) is 13.0 Å². The van der Waals surface area contributed by atoms with Gasteiger partial charge in [0.25, 0.3) is 11.8 Å². The molecule has 6 nitrogen and oxygen atoms in total.